The number of hydrogen-bond donors (Lipinski definition) is 2. The third-order valence-corrected chi connectivity index (χ3v) is 11.1. The predicted octanol–water partition coefficient (Wildman–Crippen LogP) is 4.93. The van der Waals surface area contributed by atoms with Crippen molar-refractivity contribution in [2.75, 3.05) is 32.8 Å². The first-order chi connectivity index (χ1) is 22.8. The number of likely N-dealkylation sites (tertiary alicyclic amines) is 1. The summed E-state index contributed by atoms with van der Waals surface area (Å²) < 4.78 is 84.1. The number of amides is 2. The van der Waals surface area contributed by atoms with E-state index in [0.717, 1.165) is 16.5 Å². The number of alkyl halides is 4. The molecule has 1 spiro atoms. The van der Waals surface area contributed by atoms with Gasteiger partial charge in [-0.2, -0.15) is 13.1 Å². The molecule has 5 rings (SSSR count). The summed E-state index contributed by atoms with van der Waals surface area (Å²) in [5, 5.41) is 13.8. The number of aryl methyl sites for hydroxylation is 2. The number of amidine groups is 1. The number of benzene rings is 2. The summed E-state index contributed by atoms with van der Waals surface area (Å²) in [6.07, 6.45) is -1.24. The van der Waals surface area contributed by atoms with Crippen LogP contribution >= 0.6 is 11.6 Å². The first-order valence-corrected chi connectivity index (χ1v) is 17.5. The molecule has 10 nitrogen and oxygen atoms in total. The number of carbonyl (C=O) groups is 2. The summed E-state index contributed by atoms with van der Waals surface area (Å²) in [6.45, 7) is 4.71. The fourth-order valence-corrected chi connectivity index (χ4v) is 7.49. The molecule has 266 valence electrons. The maximum Gasteiger partial charge on any atom is 0.340 e. The van der Waals surface area contributed by atoms with E-state index in [1.54, 1.807) is 37.8 Å². The van der Waals surface area contributed by atoms with Crippen molar-refractivity contribution in [3.8, 4) is 5.75 Å². The SMILES string of the molecule is Cc1cc(C(=O)N2CCC(C)(O)CC2)cc(C)c1C=CS(=O)(=O)N1CCC2(CC1)N=C(c1ccc(OCC(F)(F)C(F)F)c(Cl)c1)NC2=O. The number of hydrogen-bond acceptors (Lipinski definition) is 7. The van der Waals surface area contributed by atoms with Crippen LogP contribution in [0.4, 0.5) is 17.6 Å². The highest BCUT2D eigenvalue weighted by Crippen LogP contribution is 2.35. The Hall–Kier alpha value is -3.53. The molecule has 0 atom stereocenters. The number of aliphatic hydroxyl groups is 1. The monoisotopic (exact) mass is 728 g/mol. The van der Waals surface area contributed by atoms with Gasteiger partial charge in [-0.05, 0) is 99.6 Å². The molecular weight excluding hydrogens is 692 g/mol. The van der Waals surface area contributed by atoms with Crippen molar-refractivity contribution >= 4 is 45.4 Å². The lowest BCUT2D eigenvalue weighted by molar-refractivity contribution is -0.148. The molecule has 2 N–H and O–H groups in total. The standard InChI is InChI=1S/C33H37ClF4N4O6S/c1-20-16-23(28(43)41-11-7-31(3,45)8-12-41)17-21(2)24(20)6-15-49(46,47)42-13-9-32(10-14-42)30(44)39-27(40-32)22-4-5-26(25(34)18-22)48-19-33(37,38)29(35)36/h4-6,15-18,29,45H,7-14,19H2,1-3H3,(H,39,40,44). The number of nitrogens with zero attached hydrogens (tertiary/aromatic N) is 3. The molecule has 2 fully saturated rings. The van der Waals surface area contributed by atoms with E-state index >= 15 is 0 Å². The molecule has 0 aliphatic carbocycles. The topological polar surface area (TPSA) is 129 Å². The molecule has 0 radical (unpaired) electrons. The molecule has 2 saturated heterocycles. The van der Waals surface area contributed by atoms with Crippen molar-refractivity contribution in [1.82, 2.24) is 14.5 Å². The van der Waals surface area contributed by atoms with Gasteiger partial charge >= 0.3 is 12.3 Å². The van der Waals surface area contributed by atoms with Crippen molar-refractivity contribution in [2.45, 2.75) is 69.9 Å². The maximum atomic E-state index is 13.3. The van der Waals surface area contributed by atoms with Gasteiger partial charge in [0, 0.05) is 42.7 Å². The molecule has 3 heterocycles. The zero-order chi connectivity index (χ0) is 35.9. The highest BCUT2D eigenvalue weighted by Gasteiger charge is 2.47. The van der Waals surface area contributed by atoms with Gasteiger partial charge in [0.25, 0.3) is 11.8 Å². The summed E-state index contributed by atoms with van der Waals surface area (Å²) in [7, 11) is -3.89. The van der Waals surface area contributed by atoms with Crippen molar-refractivity contribution in [3.63, 3.8) is 0 Å². The lowest BCUT2D eigenvalue weighted by Crippen LogP contribution is -2.50. The third kappa shape index (κ3) is 7.95. The van der Waals surface area contributed by atoms with Crippen LogP contribution in [0.25, 0.3) is 6.08 Å². The van der Waals surface area contributed by atoms with Crippen LogP contribution in [0, 0.1) is 13.8 Å². The molecular formula is C33H37ClF4N4O6S. The first kappa shape index (κ1) is 36.7. The maximum absolute atomic E-state index is 13.3. The Bertz CT molecular complexity index is 1780. The van der Waals surface area contributed by atoms with Crippen LogP contribution in [0.3, 0.4) is 0 Å². The second kappa shape index (κ2) is 13.6. The zero-order valence-electron chi connectivity index (χ0n) is 27.1. The van der Waals surface area contributed by atoms with Crippen molar-refractivity contribution in [1.29, 1.82) is 0 Å². The minimum atomic E-state index is -4.36. The molecule has 0 aromatic heterocycles. The van der Waals surface area contributed by atoms with Gasteiger partial charge in [-0.3, -0.25) is 14.6 Å². The number of rotatable bonds is 9. The molecule has 2 amide bonds. The van der Waals surface area contributed by atoms with Gasteiger partial charge in [-0.1, -0.05) is 11.6 Å². The fraction of sp³-hybridized carbons (Fsp3) is 0.485. The number of carbonyl (C=O) groups excluding carboxylic acids is 2. The molecule has 3 aliphatic heterocycles. The summed E-state index contributed by atoms with van der Waals surface area (Å²) in [6, 6.07) is 7.34. The Balaban J connectivity index is 1.23. The average molecular weight is 729 g/mol. The minimum absolute atomic E-state index is 0.0108. The van der Waals surface area contributed by atoms with Gasteiger partial charge in [-0.15, -0.1) is 0 Å². The van der Waals surface area contributed by atoms with Gasteiger partial charge in [0.15, 0.2) is 6.61 Å². The minimum Gasteiger partial charge on any atom is -0.486 e. The smallest absolute Gasteiger partial charge is 0.340 e. The normalized spacial score (nSPS) is 19.8. The number of nitrogens with one attached hydrogen (secondary N) is 1. The van der Waals surface area contributed by atoms with Gasteiger partial charge in [0.05, 0.1) is 10.6 Å². The van der Waals surface area contributed by atoms with Crippen LogP contribution < -0.4 is 10.1 Å². The molecule has 2 aromatic carbocycles. The highest BCUT2D eigenvalue weighted by atomic mass is 35.5. The number of halogens is 5. The van der Waals surface area contributed by atoms with Crippen LogP contribution in [0.1, 0.15) is 65.2 Å². The lowest BCUT2D eigenvalue weighted by atomic mass is 9.89. The number of piperidine rings is 2. The largest absolute Gasteiger partial charge is 0.486 e. The van der Waals surface area contributed by atoms with Crippen molar-refractivity contribution in [2.24, 2.45) is 4.99 Å². The first-order valence-electron chi connectivity index (χ1n) is 15.6. The third-order valence-electron chi connectivity index (χ3n) is 9.21. The van der Waals surface area contributed by atoms with Crippen molar-refractivity contribution < 1.29 is 45.4 Å². The van der Waals surface area contributed by atoms with E-state index < -0.39 is 46.0 Å². The van der Waals surface area contributed by atoms with Gasteiger partial charge in [-0.25, -0.2) is 17.2 Å². The Morgan fingerprint density at radius 1 is 1.10 bits per heavy atom. The number of sulfonamides is 1. The van der Waals surface area contributed by atoms with Crippen LogP contribution in [-0.4, -0.2) is 96.7 Å². The summed E-state index contributed by atoms with van der Waals surface area (Å²) >= 11 is 6.13. The van der Waals surface area contributed by atoms with Crippen LogP contribution in [0.2, 0.25) is 5.02 Å². The number of aliphatic imine (C=N–C) groups is 1. The van der Waals surface area contributed by atoms with Gasteiger partial charge < -0.3 is 20.1 Å². The quantitative estimate of drug-likeness (QED) is 0.353. The zero-order valence-corrected chi connectivity index (χ0v) is 28.7. The van der Waals surface area contributed by atoms with E-state index in [9.17, 15) is 40.7 Å². The highest BCUT2D eigenvalue weighted by molar-refractivity contribution is 7.92. The van der Waals surface area contributed by atoms with E-state index in [2.05, 4.69) is 10.3 Å². The Kier molecular flexibility index (Phi) is 10.2. The summed E-state index contributed by atoms with van der Waals surface area (Å²) in [5.74, 6) is -5.04. The summed E-state index contributed by atoms with van der Waals surface area (Å²) in [4.78, 5) is 32.4. The Labute approximate surface area is 286 Å². The second-order valence-corrected chi connectivity index (χ2v) is 15.2. The van der Waals surface area contributed by atoms with E-state index in [0.29, 0.717) is 42.6 Å². The molecule has 3 aliphatic rings. The average Bonchev–Trinajstić information content (AvgIpc) is 3.34. The lowest BCUT2D eigenvalue weighted by Gasteiger charge is -2.36. The molecule has 16 heteroatoms. The summed E-state index contributed by atoms with van der Waals surface area (Å²) in [5.41, 5.74) is 0.923. The number of ether oxygens (including phenoxy) is 1. The van der Waals surface area contributed by atoms with Crippen molar-refractivity contribution in [3.05, 3.63) is 68.6 Å². The Morgan fingerprint density at radius 2 is 1.71 bits per heavy atom. The van der Waals surface area contributed by atoms with E-state index in [1.807, 2.05) is 0 Å². The van der Waals surface area contributed by atoms with E-state index in [-0.39, 0.29) is 48.4 Å². The fourth-order valence-electron chi connectivity index (χ4n) is 6.08. The Morgan fingerprint density at radius 3 is 2.29 bits per heavy atom. The van der Waals surface area contributed by atoms with Crippen LogP contribution in [0.15, 0.2) is 40.7 Å². The second-order valence-electron chi connectivity index (χ2n) is 13.0. The van der Waals surface area contributed by atoms with Crippen LogP contribution in [-0.2, 0) is 14.8 Å². The predicted molar refractivity (Wildman–Crippen MR) is 176 cm³/mol. The molecule has 0 unspecified atom stereocenters. The molecule has 0 bridgehead atoms. The van der Waals surface area contributed by atoms with E-state index in [4.69, 9.17) is 16.3 Å². The van der Waals surface area contributed by atoms with Gasteiger partial charge in [0.1, 0.15) is 17.1 Å². The molecule has 49 heavy (non-hydrogen) atoms. The van der Waals surface area contributed by atoms with Crippen LogP contribution in [0.5, 0.6) is 5.75 Å². The van der Waals surface area contributed by atoms with E-state index in [1.165, 1.54) is 28.6 Å². The molecule has 0 saturated carbocycles. The van der Waals surface area contributed by atoms with Gasteiger partial charge in [0.2, 0.25) is 10.0 Å². The molecule has 2 aromatic rings.